The third-order valence-electron chi connectivity index (χ3n) is 1.94. The quantitative estimate of drug-likeness (QED) is 0.637. The van der Waals surface area contributed by atoms with Gasteiger partial charge in [0.15, 0.2) is 0 Å². The highest BCUT2D eigenvalue weighted by molar-refractivity contribution is 7.24. The molecule has 0 bridgehead atoms. The van der Waals surface area contributed by atoms with E-state index in [1.165, 1.54) is 17.4 Å². The summed E-state index contributed by atoms with van der Waals surface area (Å²) in [7, 11) is -1.66. The Labute approximate surface area is 89.3 Å². The van der Waals surface area contributed by atoms with Crippen molar-refractivity contribution in [3.8, 4) is 5.75 Å². The van der Waals surface area contributed by atoms with E-state index in [2.05, 4.69) is 0 Å². The average Bonchev–Trinajstić information content (AvgIpc) is 2.42. The SMILES string of the molecule is OB(O)c1c(Cl)sc2cccc(O)c12. The maximum atomic E-state index is 9.54. The van der Waals surface area contributed by atoms with Gasteiger partial charge in [0.05, 0.1) is 4.34 Å². The number of hydrogen-bond donors (Lipinski definition) is 3. The third-order valence-corrected chi connectivity index (χ3v) is 3.34. The van der Waals surface area contributed by atoms with Gasteiger partial charge in [-0.3, -0.25) is 0 Å². The van der Waals surface area contributed by atoms with Crippen molar-refractivity contribution in [2.24, 2.45) is 0 Å². The van der Waals surface area contributed by atoms with Crippen molar-refractivity contribution < 1.29 is 15.2 Å². The maximum Gasteiger partial charge on any atom is 0.491 e. The van der Waals surface area contributed by atoms with E-state index in [1.54, 1.807) is 12.1 Å². The number of benzene rings is 1. The molecule has 1 heterocycles. The molecule has 0 aliphatic heterocycles. The number of halogens is 1. The van der Waals surface area contributed by atoms with E-state index in [0.29, 0.717) is 5.39 Å². The van der Waals surface area contributed by atoms with Gasteiger partial charge in [-0.15, -0.1) is 11.3 Å². The highest BCUT2D eigenvalue weighted by atomic mass is 35.5. The minimum Gasteiger partial charge on any atom is -0.507 e. The van der Waals surface area contributed by atoms with Gasteiger partial charge in [-0.25, -0.2) is 0 Å². The monoisotopic (exact) mass is 228 g/mol. The summed E-state index contributed by atoms with van der Waals surface area (Å²) in [5, 5.41) is 28.1. The smallest absolute Gasteiger partial charge is 0.491 e. The van der Waals surface area contributed by atoms with Crippen molar-refractivity contribution in [3.05, 3.63) is 22.5 Å². The number of thiophene rings is 1. The van der Waals surface area contributed by atoms with Crippen LogP contribution in [0.2, 0.25) is 4.34 Å². The van der Waals surface area contributed by atoms with Crippen LogP contribution in [0.15, 0.2) is 18.2 Å². The van der Waals surface area contributed by atoms with Crippen LogP contribution in [0.3, 0.4) is 0 Å². The largest absolute Gasteiger partial charge is 0.507 e. The molecule has 0 aliphatic carbocycles. The predicted octanol–water partition coefficient (Wildman–Crippen LogP) is 0.940. The normalized spacial score (nSPS) is 10.8. The molecule has 0 amide bonds. The zero-order chi connectivity index (χ0) is 10.3. The van der Waals surface area contributed by atoms with Crippen molar-refractivity contribution in [2.75, 3.05) is 0 Å². The summed E-state index contributed by atoms with van der Waals surface area (Å²) in [6, 6.07) is 4.92. The van der Waals surface area contributed by atoms with Gasteiger partial charge in [0.25, 0.3) is 0 Å². The first kappa shape index (κ1) is 9.80. The number of aromatic hydroxyl groups is 1. The Hall–Kier alpha value is -0.745. The summed E-state index contributed by atoms with van der Waals surface area (Å²) in [5.74, 6) is 0.00810. The Morgan fingerprint density at radius 3 is 2.64 bits per heavy atom. The minimum atomic E-state index is -1.66. The summed E-state index contributed by atoms with van der Waals surface area (Å²) in [6.45, 7) is 0. The molecule has 6 heteroatoms. The first-order valence-electron chi connectivity index (χ1n) is 3.87. The van der Waals surface area contributed by atoms with E-state index in [9.17, 15) is 5.11 Å². The lowest BCUT2D eigenvalue weighted by atomic mass is 9.80. The first-order valence-corrected chi connectivity index (χ1v) is 5.06. The molecule has 0 spiro atoms. The summed E-state index contributed by atoms with van der Waals surface area (Å²) in [6.07, 6.45) is 0. The molecular formula is C8H6BClO3S. The van der Waals surface area contributed by atoms with Crippen LogP contribution in [0.1, 0.15) is 0 Å². The molecule has 0 aliphatic rings. The zero-order valence-corrected chi connectivity index (χ0v) is 8.51. The van der Waals surface area contributed by atoms with E-state index < -0.39 is 7.12 Å². The number of hydrogen-bond acceptors (Lipinski definition) is 4. The van der Waals surface area contributed by atoms with Crippen LogP contribution in [0, 0.1) is 0 Å². The Morgan fingerprint density at radius 2 is 2.00 bits per heavy atom. The summed E-state index contributed by atoms with van der Waals surface area (Å²) in [5.41, 5.74) is 0.171. The van der Waals surface area contributed by atoms with Gasteiger partial charge < -0.3 is 15.2 Å². The Kier molecular flexibility index (Phi) is 2.40. The van der Waals surface area contributed by atoms with E-state index in [-0.39, 0.29) is 15.5 Å². The number of phenols is 1. The average molecular weight is 228 g/mol. The lowest BCUT2D eigenvalue weighted by molar-refractivity contribution is 0.426. The molecule has 0 atom stereocenters. The fraction of sp³-hybridized carbons (Fsp3) is 0. The molecule has 1 aromatic carbocycles. The first-order chi connectivity index (χ1) is 6.61. The van der Waals surface area contributed by atoms with Gasteiger partial charge in [-0.2, -0.15) is 0 Å². The van der Waals surface area contributed by atoms with Crippen molar-refractivity contribution in [1.82, 2.24) is 0 Å². The second-order valence-electron chi connectivity index (χ2n) is 2.81. The highest BCUT2D eigenvalue weighted by Crippen LogP contribution is 2.32. The molecule has 0 saturated carbocycles. The van der Waals surface area contributed by atoms with Crippen LogP contribution in [-0.4, -0.2) is 22.3 Å². The number of phenolic OH excluding ortho intramolecular Hbond substituents is 1. The molecule has 0 unspecified atom stereocenters. The van der Waals surface area contributed by atoms with Crippen molar-refractivity contribution in [1.29, 1.82) is 0 Å². The fourth-order valence-corrected chi connectivity index (χ4v) is 2.77. The van der Waals surface area contributed by atoms with Crippen LogP contribution < -0.4 is 5.46 Å². The molecule has 1 aromatic heterocycles. The zero-order valence-electron chi connectivity index (χ0n) is 6.94. The molecule has 14 heavy (non-hydrogen) atoms. The molecule has 0 saturated heterocycles. The fourth-order valence-electron chi connectivity index (χ4n) is 1.36. The number of rotatable bonds is 1. The van der Waals surface area contributed by atoms with E-state index in [4.69, 9.17) is 21.6 Å². The second kappa shape index (κ2) is 3.44. The van der Waals surface area contributed by atoms with Gasteiger partial charge in [0, 0.05) is 15.5 Å². The van der Waals surface area contributed by atoms with Crippen molar-refractivity contribution in [3.63, 3.8) is 0 Å². The summed E-state index contributed by atoms with van der Waals surface area (Å²) < 4.78 is 1.02. The topological polar surface area (TPSA) is 60.7 Å². The standard InChI is InChI=1S/C8H6BClO3S/c10-8-7(9(12)13)6-4(11)2-1-3-5(6)14-8/h1-3,11-13H. The van der Waals surface area contributed by atoms with E-state index in [1.807, 2.05) is 0 Å². The minimum absolute atomic E-state index is 0.00810. The Bertz CT molecular complexity index is 483. The van der Waals surface area contributed by atoms with Crippen LogP contribution in [0.25, 0.3) is 10.1 Å². The van der Waals surface area contributed by atoms with Gasteiger partial charge in [-0.05, 0) is 12.1 Å². The summed E-state index contributed by atoms with van der Waals surface area (Å²) in [4.78, 5) is 0. The summed E-state index contributed by atoms with van der Waals surface area (Å²) >= 11 is 7.03. The van der Waals surface area contributed by atoms with Crippen LogP contribution in [0.5, 0.6) is 5.75 Å². The molecule has 2 aromatic rings. The van der Waals surface area contributed by atoms with Crippen LogP contribution in [-0.2, 0) is 0 Å². The molecule has 72 valence electrons. The van der Waals surface area contributed by atoms with Crippen molar-refractivity contribution in [2.45, 2.75) is 0 Å². The van der Waals surface area contributed by atoms with Crippen molar-refractivity contribution >= 4 is 45.6 Å². The van der Waals surface area contributed by atoms with E-state index >= 15 is 0 Å². The molecule has 3 nitrogen and oxygen atoms in total. The van der Waals surface area contributed by atoms with E-state index in [0.717, 1.165) is 4.70 Å². The lowest BCUT2D eigenvalue weighted by Gasteiger charge is -1.99. The predicted molar refractivity (Wildman–Crippen MR) is 58.3 cm³/mol. The van der Waals surface area contributed by atoms with Crippen LogP contribution >= 0.6 is 22.9 Å². The molecular weight excluding hydrogens is 222 g/mol. The van der Waals surface area contributed by atoms with Crippen LogP contribution in [0.4, 0.5) is 0 Å². The van der Waals surface area contributed by atoms with Gasteiger partial charge in [-0.1, -0.05) is 17.7 Å². The molecule has 0 fully saturated rings. The lowest BCUT2D eigenvalue weighted by Crippen LogP contribution is -2.29. The van der Waals surface area contributed by atoms with Gasteiger partial charge in [0.2, 0.25) is 0 Å². The second-order valence-corrected chi connectivity index (χ2v) is 4.47. The maximum absolute atomic E-state index is 9.54. The molecule has 3 N–H and O–H groups in total. The third kappa shape index (κ3) is 1.38. The number of fused-ring (bicyclic) bond motifs is 1. The highest BCUT2D eigenvalue weighted by Gasteiger charge is 2.23. The molecule has 2 rings (SSSR count). The Morgan fingerprint density at radius 1 is 1.29 bits per heavy atom. The van der Waals surface area contributed by atoms with Gasteiger partial charge >= 0.3 is 7.12 Å². The molecule has 0 radical (unpaired) electrons. The Balaban J connectivity index is 2.86. The van der Waals surface area contributed by atoms with Gasteiger partial charge in [0.1, 0.15) is 5.75 Å².